The zero-order valence-electron chi connectivity index (χ0n) is 12.9. The van der Waals surface area contributed by atoms with Crippen LogP contribution in [0.25, 0.3) is 0 Å². The number of hydrogen-bond acceptors (Lipinski definition) is 5. The van der Waals surface area contributed by atoms with E-state index in [0.29, 0.717) is 13.2 Å². The van der Waals surface area contributed by atoms with E-state index in [1.165, 1.54) is 0 Å². The number of pyridine rings is 1. The number of rotatable bonds is 6. The number of nitrogens with zero attached hydrogens (tertiary/aromatic N) is 2. The molecule has 0 bridgehead atoms. The maximum absolute atomic E-state index is 12.4. The van der Waals surface area contributed by atoms with E-state index in [9.17, 15) is 4.79 Å². The maximum Gasteiger partial charge on any atom is 0.182 e. The third-order valence-electron chi connectivity index (χ3n) is 3.50. The predicted octanol–water partition coefficient (Wildman–Crippen LogP) is 3.45. The summed E-state index contributed by atoms with van der Waals surface area (Å²) in [5.41, 5.74) is 1.75. The van der Waals surface area contributed by atoms with Gasteiger partial charge in [0.2, 0.25) is 0 Å². The summed E-state index contributed by atoms with van der Waals surface area (Å²) in [4.78, 5) is 22.1. The van der Waals surface area contributed by atoms with Gasteiger partial charge in [0.1, 0.15) is 11.0 Å². The second-order valence-corrected chi connectivity index (χ2v) is 6.30. The van der Waals surface area contributed by atoms with Gasteiger partial charge in [-0.2, -0.15) is 0 Å². The Kier molecular flexibility index (Phi) is 5.08. The van der Waals surface area contributed by atoms with Crippen molar-refractivity contribution in [2.75, 3.05) is 13.2 Å². The van der Waals surface area contributed by atoms with Gasteiger partial charge in [-0.05, 0) is 37.3 Å². The second-order valence-electron chi connectivity index (χ2n) is 5.12. The lowest BCUT2D eigenvalue weighted by Gasteiger charge is -2.03. The van der Waals surface area contributed by atoms with Crippen LogP contribution in [0.2, 0.25) is 0 Å². The van der Waals surface area contributed by atoms with Crippen LogP contribution >= 0.6 is 11.8 Å². The van der Waals surface area contributed by atoms with E-state index < -0.39 is 0 Å². The van der Waals surface area contributed by atoms with E-state index in [4.69, 9.17) is 4.74 Å². The fourth-order valence-corrected chi connectivity index (χ4v) is 3.49. The number of carbonyl (C=O) groups is 1. The number of aliphatic imine (C=N–C) groups is 1. The number of hydrogen-bond donors (Lipinski definition) is 0. The van der Waals surface area contributed by atoms with Crippen molar-refractivity contribution in [3.05, 3.63) is 53.9 Å². The first-order valence-corrected chi connectivity index (χ1v) is 8.53. The Balaban J connectivity index is 1.59. The molecule has 1 aromatic heterocycles. The van der Waals surface area contributed by atoms with Gasteiger partial charge in [-0.25, -0.2) is 0 Å². The van der Waals surface area contributed by atoms with Gasteiger partial charge in [-0.1, -0.05) is 6.07 Å². The molecule has 2 aromatic rings. The van der Waals surface area contributed by atoms with Crippen LogP contribution in [0.5, 0.6) is 5.75 Å². The Bertz CT molecular complexity index is 716. The number of ether oxygens (including phenoxy) is 1. The fraction of sp³-hybridized carbons (Fsp3) is 0.278. The molecule has 0 radical (unpaired) electrons. The highest BCUT2D eigenvalue weighted by molar-refractivity contribution is 8.02. The number of carbonyl (C=O) groups excluding carboxylic acids is 1. The topological polar surface area (TPSA) is 51.5 Å². The summed E-state index contributed by atoms with van der Waals surface area (Å²) in [6.45, 7) is 3.17. The van der Waals surface area contributed by atoms with Gasteiger partial charge in [-0.3, -0.25) is 14.8 Å². The van der Waals surface area contributed by atoms with Crippen LogP contribution in [-0.2, 0) is 6.42 Å². The van der Waals surface area contributed by atoms with Crippen molar-refractivity contribution in [1.29, 1.82) is 0 Å². The number of aromatic nitrogens is 1. The largest absolute Gasteiger partial charge is 0.494 e. The summed E-state index contributed by atoms with van der Waals surface area (Å²) in [6.07, 6.45) is 4.32. The normalized spacial score (nSPS) is 16.7. The summed E-state index contributed by atoms with van der Waals surface area (Å²) < 4.78 is 5.46. The lowest BCUT2D eigenvalue weighted by atomic mass is 10.1. The molecule has 118 valence electrons. The average molecular weight is 326 g/mol. The lowest BCUT2D eigenvalue weighted by molar-refractivity contribution is 0.101. The van der Waals surface area contributed by atoms with E-state index in [-0.39, 0.29) is 11.0 Å². The van der Waals surface area contributed by atoms with E-state index in [1.54, 1.807) is 24.2 Å². The fourth-order valence-electron chi connectivity index (χ4n) is 2.40. The quantitative estimate of drug-likeness (QED) is 0.763. The van der Waals surface area contributed by atoms with Gasteiger partial charge < -0.3 is 4.74 Å². The smallest absolute Gasteiger partial charge is 0.182 e. The number of ketones is 1. The van der Waals surface area contributed by atoms with Crippen molar-refractivity contribution in [1.82, 2.24) is 4.98 Å². The van der Waals surface area contributed by atoms with E-state index in [2.05, 4.69) is 9.98 Å². The highest BCUT2D eigenvalue weighted by Crippen LogP contribution is 2.38. The molecule has 4 nitrogen and oxygen atoms in total. The first-order valence-electron chi connectivity index (χ1n) is 7.65. The third-order valence-corrected chi connectivity index (χ3v) is 4.70. The van der Waals surface area contributed by atoms with Gasteiger partial charge in [-0.15, -0.1) is 11.8 Å². The Morgan fingerprint density at radius 2 is 2.26 bits per heavy atom. The summed E-state index contributed by atoms with van der Waals surface area (Å²) in [6, 6.07) is 11.5. The number of thioether (sulfide) groups is 1. The molecule has 3 rings (SSSR count). The molecule has 0 unspecified atom stereocenters. The Morgan fingerprint density at radius 3 is 3.04 bits per heavy atom. The Morgan fingerprint density at radius 1 is 1.35 bits per heavy atom. The SMILES string of the molecule is CCOc1ccc2c(c1)C(=O)[C@H](C=NCCc1ccccn1)S2. The van der Waals surface area contributed by atoms with Crippen molar-refractivity contribution in [2.45, 2.75) is 23.5 Å². The van der Waals surface area contributed by atoms with Crippen molar-refractivity contribution < 1.29 is 9.53 Å². The van der Waals surface area contributed by atoms with E-state index >= 15 is 0 Å². The minimum atomic E-state index is -0.231. The molecule has 0 fully saturated rings. The van der Waals surface area contributed by atoms with Gasteiger partial charge in [0.25, 0.3) is 0 Å². The Hall–Kier alpha value is -2.14. The van der Waals surface area contributed by atoms with Crippen LogP contribution in [0.15, 0.2) is 52.5 Å². The van der Waals surface area contributed by atoms with Crippen LogP contribution in [0.4, 0.5) is 0 Å². The maximum atomic E-state index is 12.4. The first kappa shape index (κ1) is 15.7. The third kappa shape index (κ3) is 3.79. The molecular weight excluding hydrogens is 308 g/mol. The molecule has 1 aliphatic heterocycles. The molecule has 0 spiro atoms. The van der Waals surface area contributed by atoms with E-state index in [1.807, 2.05) is 43.3 Å². The van der Waals surface area contributed by atoms with E-state index in [0.717, 1.165) is 28.3 Å². The molecule has 23 heavy (non-hydrogen) atoms. The lowest BCUT2D eigenvalue weighted by Crippen LogP contribution is -2.13. The molecule has 1 atom stereocenters. The first-order chi connectivity index (χ1) is 11.3. The summed E-state index contributed by atoms with van der Waals surface area (Å²) in [7, 11) is 0. The van der Waals surface area contributed by atoms with Gasteiger partial charge >= 0.3 is 0 Å². The molecule has 0 aliphatic carbocycles. The molecule has 1 aromatic carbocycles. The number of fused-ring (bicyclic) bond motifs is 1. The summed E-state index contributed by atoms with van der Waals surface area (Å²) in [5.74, 6) is 0.848. The highest BCUT2D eigenvalue weighted by atomic mass is 32.2. The van der Waals surface area contributed by atoms with Gasteiger partial charge in [0, 0.05) is 41.5 Å². The predicted molar refractivity (Wildman–Crippen MR) is 92.9 cm³/mol. The van der Waals surface area contributed by atoms with Gasteiger partial charge in [0.15, 0.2) is 5.78 Å². The Labute approximate surface area is 140 Å². The number of benzene rings is 1. The van der Waals surface area contributed by atoms with Crippen LogP contribution < -0.4 is 4.74 Å². The molecular formula is C18H18N2O2S. The van der Waals surface area contributed by atoms with Gasteiger partial charge in [0.05, 0.1) is 6.61 Å². The molecule has 0 saturated heterocycles. The molecule has 5 heteroatoms. The molecule has 0 N–H and O–H groups in total. The zero-order valence-corrected chi connectivity index (χ0v) is 13.8. The molecule has 2 heterocycles. The zero-order chi connectivity index (χ0) is 16.1. The monoisotopic (exact) mass is 326 g/mol. The highest BCUT2D eigenvalue weighted by Gasteiger charge is 2.30. The summed E-state index contributed by atoms with van der Waals surface area (Å²) in [5, 5.41) is -0.231. The van der Waals surface area contributed by atoms with Crippen molar-refractivity contribution in [2.24, 2.45) is 4.99 Å². The van der Waals surface area contributed by atoms with Crippen molar-refractivity contribution in [3.63, 3.8) is 0 Å². The van der Waals surface area contributed by atoms with Crippen molar-refractivity contribution in [3.8, 4) is 5.75 Å². The van der Waals surface area contributed by atoms with Crippen LogP contribution in [-0.4, -0.2) is 35.4 Å². The summed E-state index contributed by atoms with van der Waals surface area (Å²) >= 11 is 1.55. The van der Waals surface area contributed by atoms with Crippen LogP contribution in [0, 0.1) is 0 Å². The number of Topliss-reactive ketones (excluding diaryl/α,β-unsaturated/α-hetero) is 1. The minimum absolute atomic E-state index is 0.105. The second kappa shape index (κ2) is 7.42. The average Bonchev–Trinajstić information content (AvgIpc) is 2.89. The van der Waals surface area contributed by atoms with Crippen LogP contribution in [0.1, 0.15) is 23.0 Å². The molecule has 0 amide bonds. The van der Waals surface area contributed by atoms with Crippen LogP contribution in [0.3, 0.4) is 0 Å². The minimum Gasteiger partial charge on any atom is -0.494 e. The molecule has 1 aliphatic rings. The molecule has 0 saturated carbocycles. The standard InChI is InChI=1S/C18H18N2O2S/c1-2-22-14-6-7-16-15(11-14)18(21)17(23-16)12-19-10-8-13-5-3-4-9-20-13/h3-7,9,11-12,17H,2,8,10H2,1H3/t17-/m0/s1. The van der Waals surface area contributed by atoms with Crippen molar-refractivity contribution >= 4 is 23.8 Å².